The van der Waals surface area contributed by atoms with Crippen LogP contribution in [0.2, 0.25) is 0 Å². The normalized spacial score (nSPS) is 11.0. The number of benzene rings is 1. The van der Waals surface area contributed by atoms with Gasteiger partial charge in [-0.1, -0.05) is 5.21 Å². The van der Waals surface area contributed by atoms with Crippen molar-refractivity contribution >= 4 is 0 Å². The van der Waals surface area contributed by atoms with E-state index in [0.29, 0.717) is 25.4 Å². The van der Waals surface area contributed by atoms with E-state index in [2.05, 4.69) is 15.6 Å². The Morgan fingerprint density at radius 1 is 1.30 bits per heavy atom. The molecule has 108 valence electrons. The van der Waals surface area contributed by atoms with Crippen LogP contribution in [0.3, 0.4) is 0 Å². The highest BCUT2D eigenvalue weighted by molar-refractivity contribution is 5.36. The van der Waals surface area contributed by atoms with Gasteiger partial charge in [0.25, 0.3) is 0 Å². The van der Waals surface area contributed by atoms with E-state index in [0.717, 1.165) is 12.1 Å². The Balaban J connectivity index is 2.10. The lowest BCUT2D eigenvalue weighted by Crippen LogP contribution is -2.18. The molecule has 0 bridgehead atoms. The fraction of sp³-hybridized carbons (Fsp3) is 0.385. The molecular formula is C13H16F2N4O. The van der Waals surface area contributed by atoms with Crippen LogP contribution in [0.5, 0.6) is 0 Å². The topological polar surface area (TPSA) is 52.0 Å². The van der Waals surface area contributed by atoms with Crippen LogP contribution in [-0.4, -0.2) is 35.3 Å². The Labute approximate surface area is 115 Å². The third kappa shape index (κ3) is 3.37. The van der Waals surface area contributed by atoms with Gasteiger partial charge >= 0.3 is 0 Å². The SMILES string of the molecule is COCCNCc1cn(-c2cc(F)c(C)cc2F)nn1. The van der Waals surface area contributed by atoms with Crippen LogP contribution in [0.4, 0.5) is 8.78 Å². The molecule has 0 aliphatic heterocycles. The van der Waals surface area contributed by atoms with Gasteiger partial charge in [-0.2, -0.15) is 0 Å². The highest BCUT2D eigenvalue weighted by Gasteiger charge is 2.11. The molecule has 0 aliphatic rings. The van der Waals surface area contributed by atoms with Gasteiger partial charge in [0.1, 0.15) is 17.3 Å². The minimum Gasteiger partial charge on any atom is -0.383 e. The second-order valence-electron chi connectivity index (χ2n) is 4.38. The maximum absolute atomic E-state index is 13.8. The average Bonchev–Trinajstić information content (AvgIpc) is 2.87. The van der Waals surface area contributed by atoms with Crippen molar-refractivity contribution < 1.29 is 13.5 Å². The second-order valence-corrected chi connectivity index (χ2v) is 4.38. The number of nitrogens with one attached hydrogen (secondary N) is 1. The van der Waals surface area contributed by atoms with Crippen molar-refractivity contribution in [3.05, 3.63) is 41.2 Å². The summed E-state index contributed by atoms with van der Waals surface area (Å²) in [5.41, 5.74) is 0.943. The van der Waals surface area contributed by atoms with Crippen molar-refractivity contribution in [1.29, 1.82) is 0 Å². The van der Waals surface area contributed by atoms with E-state index >= 15 is 0 Å². The summed E-state index contributed by atoms with van der Waals surface area (Å²) in [5, 5.41) is 10.8. The highest BCUT2D eigenvalue weighted by Crippen LogP contribution is 2.17. The molecule has 0 spiro atoms. The number of aryl methyl sites for hydroxylation is 1. The van der Waals surface area contributed by atoms with E-state index in [1.165, 1.54) is 11.6 Å². The molecule has 0 saturated carbocycles. The number of hydrogen-bond donors (Lipinski definition) is 1. The number of aromatic nitrogens is 3. The van der Waals surface area contributed by atoms with Crippen LogP contribution in [0.15, 0.2) is 18.3 Å². The van der Waals surface area contributed by atoms with Crippen LogP contribution in [-0.2, 0) is 11.3 Å². The lowest BCUT2D eigenvalue weighted by Gasteiger charge is -2.04. The number of methoxy groups -OCH3 is 1. The van der Waals surface area contributed by atoms with Crippen LogP contribution >= 0.6 is 0 Å². The number of halogens is 2. The molecule has 20 heavy (non-hydrogen) atoms. The smallest absolute Gasteiger partial charge is 0.149 e. The van der Waals surface area contributed by atoms with Crippen molar-refractivity contribution in [2.45, 2.75) is 13.5 Å². The zero-order chi connectivity index (χ0) is 14.5. The number of nitrogens with zero attached hydrogens (tertiary/aromatic N) is 3. The molecule has 1 aromatic carbocycles. The predicted molar refractivity (Wildman–Crippen MR) is 69.6 cm³/mol. The molecule has 2 rings (SSSR count). The van der Waals surface area contributed by atoms with E-state index < -0.39 is 11.6 Å². The maximum Gasteiger partial charge on any atom is 0.149 e. The summed E-state index contributed by atoms with van der Waals surface area (Å²) in [5.74, 6) is -1.01. The highest BCUT2D eigenvalue weighted by atomic mass is 19.1. The third-order valence-electron chi connectivity index (χ3n) is 2.80. The standard InChI is InChI=1S/C13H16F2N4O/c1-9-5-12(15)13(6-11(9)14)19-8-10(17-18-19)7-16-3-4-20-2/h5-6,8,16H,3-4,7H2,1-2H3. The third-order valence-corrected chi connectivity index (χ3v) is 2.80. The zero-order valence-electron chi connectivity index (χ0n) is 11.4. The van der Waals surface area contributed by atoms with Gasteiger partial charge in [-0.25, -0.2) is 13.5 Å². The quantitative estimate of drug-likeness (QED) is 0.818. The van der Waals surface area contributed by atoms with Gasteiger partial charge < -0.3 is 10.1 Å². The lowest BCUT2D eigenvalue weighted by atomic mass is 10.2. The minimum absolute atomic E-state index is 0.0451. The molecule has 0 amide bonds. The first kappa shape index (κ1) is 14.5. The molecule has 0 aliphatic carbocycles. The molecule has 2 aromatic rings. The van der Waals surface area contributed by atoms with Crippen molar-refractivity contribution in [2.24, 2.45) is 0 Å². The molecule has 0 atom stereocenters. The van der Waals surface area contributed by atoms with Crippen molar-refractivity contribution in [3.63, 3.8) is 0 Å². The Hall–Kier alpha value is -1.86. The molecule has 0 fully saturated rings. The summed E-state index contributed by atoms with van der Waals surface area (Å²) in [6.45, 7) is 3.26. The average molecular weight is 282 g/mol. The molecule has 7 heteroatoms. The van der Waals surface area contributed by atoms with Crippen LogP contribution in [0.1, 0.15) is 11.3 Å². The Bertz CT molecular complexity index is 586. The molecule has 1 N–H and O–H groups in total. The van der Waals surface area contributed by atoms with E-state index in [-0.39, 0.29) is 11.3 Å². The van der Waals surface area contributed by atoms with Crippen molar-refractivity contribution in [2.75, 3.05) is 20.3 Å². The first-order chi connectivity index (χ1) is 9.61. The lowest BCUT2D eigenvalue weighted by molar-refractivity contribution is 0.199. The molecule has 0 unspecified atom stereocenters. The van der Waals surface area contributed by atoms with Gasteiger partial charge in [-0.15, -0.1) is 5.10 Å². The van der Waals surface area contributed by atoms with Crippen LogP contribution in [0.25, 0.3) is 5.69 Å². The maximum atomic E-state index is 13.8. The number of ether oxygens (including phenoxy) is 1. The Morgan fingerprint density at radius 3 is 2.85 bits per heavy atom. The van der Waals surface area contributed by atoms with Gasteiger partial charge in [0.15, 0.2) is 0 Å². The summed E-state index contributed by atoms with van der Waals surface area (Å²) in [6.07, 6.45) is 1.56. The van der Waals surface area contributed by atoms with Gasteiger partial charge in [0.05, 0.1) is 18.5 Å². The Morgan fingerprint density at radius 2 is 2.10 bits per heavy atom. The second kappa shape index (κ2) is 6.53. The van der Waals surface area contributed by atoms with E-state index in [9.17, 15) is 8.78 Å². The van der Waals surface area contributed by atoms with E-state index in [1.807, 2.05) is 0 Å². The van der Waals surface area contributed by atoms with Gasteiger partial charge in [0, 0.05) is 26.3 Å². The summed E-state index contributed by atoms with van der Waals surface area (Å²) in [4.78, 5) is 0. The Kier molecular flexibility index (Phi) is 4.75. The molecular weight excluding hydrogens is 266 g/mol. The molecule has 0 radical (unpaired) electrons. The van der Waals surface area contributed by atoms with Crippen LogP contribution in [0, 0.1) is 18.6 Å². The summed E-state index contributed by atoms with van der Waals surface area (Å²) in [6, 6.07) is 2.25. The van der Waals surface area contributed by atoms with E-state index in [1.54, 1.807) is 13.3 Å². The van der Waals surface area contributed by atoms with Gasteiger partial charge in [-0.05, 0) is 18.6 Å². The minimum atomic E-state index is -0.535. The molecule has 1 aromatic heterocycles. The van der Waals surface area contributed by atoms with Gasteiger partial charge in [0.2, 0.25) is 0 Å². The molecule has 5 nitrogen and oxygen atoms in total. The largest absolute Gasteiger partial charge is 0.383 e. The number of rotatable bonds is 6. The van der Waals surface area contributed by atoms with E-state index in [4.69, 9.17) is 4.74 Å². The van der Waals surface area contributed by atoms with Crippen molar-refractivity contribution in [1.82, 2.24) is 20.3 Å². The van der Waals surface area contributed by atoms with Crippen molar-refractivity contribution in [3.8, 4) is 5.69 Å². The summed E-state index contributed by atoms with van der Waals surface area (Å²) >= 11 is 0. The predicted octanol–water partition coefficient (Wildman–Crippen LogP) is 1.59. The molecule has 1 heterocycles. The summed E-state index contributed by atoms with van der Waals surface area (Å²) in [7, 11) is 1.62. The number of hydrogen-bond acceptors (Lipinski definition) is 4. The zero-order valence-corrected chi connectivity index (χ0v) is 11.4. The fourth-order valence-corrected chi connectivity index (χ4v) is 1.70. The first-order valence-corrected chi connectivity index (χ1v) is 6.18. The molecule has 0 saturated heterocycles. The first-order valence-electron chi connectivity index (χ1n) is 6.18. The van der Waals surface area contributed by atoms with Crippen LogP contribution < -0.4 is 5.32 Å². The fourth-order valence-electron chi connectivity index (χ4n) is 1.70. The van der Waals surface area contributed by atoms with Gasteiger partial charge in [-0.3, -0.25) is 0 Å². The monoisotopic (exact) mass is 282 g/mol. The summed E-state index contributed by atoms with van der Waals surface area (Å²) < 4.78 is 33.4.